The summed E-state index contributed by atoms with van der Waals surface area (Å²) in [4.78, 5) is 0. The van der Waals surface area contributed by atoms with Crippen molar-refractivity contribution in [2.75, 3.05) is 17.8 Å². The van der Waals surface area contributed by atoms with Crippen molar-refractivity contribution in [2.24, 2.45) is 0 Å². The largest absolute Gasteiger partial charge is 1.00 e. The minimum Gasteiger partial charge on any atom is -1.00 e. The number of hydrogen-bond acceptors (Lipinski definition) is 1. The smallest absolute Gasteiger partial charge is 0.109 e. The quantitative estimate of drug-likeness (QED) is 0.414. The molecule has 0 radical (unpaired) electrons. The lowest BCUT2D eigenvalue weighted by Crippen LogP contribution is -3.00. The minimum absolute atomic E-state index is 0. The third-order valence-corrected chi connectivity index (χ3v) is 3.66. The molecule has 1 nitrogen and oxygen atoms in total. The normalized spacial score (nSPS) is 10.4. The molecular formula is C5H13IOS. The SMILES string of the molecule is CC[S+](C)(=O)CC.[I-]. The molecule has 0 rings (SSSR count). The molecule has 52 valence electrons. The maximum atomic E-state index is 10.9. The molecule has 0 aromatic heterocycles. The van der Waals surface area contributed by atoms with Crippen LogP contribution in [0.3, 0.4) is 0 Å². The van der Waals surface area contributed by atoms with Gasteiger partial charge in [0.25, 0.3) is 0 Å². The van der Waals surface area contributed by atoms with Crippen molar-refractivity contribution in [3.8, 4) is 0 Å². The Morgan fingerprint density at radius 3 is 1.50 bits per heavy atom. The summed E-state index contributed by atoms with van der Waals surface area (Å²) in [5.74, 6) is 1.65. The van der Waals surface area contributed by atoms with Gasteiger partial charge in [0.2, 0.25) is 0 Å². The van der Waals surface area contributed by atoms with Gasteiger partial charge in [0.1, 0.15) is 17.8 Å². The third-order valence-electron chi connectivity index (χ3n) is 1.22. The van der Waals surface area contributed by atoms with Crippen molar-refractivity contribution in [2.45, 2.75) is 13.8 Å². The van der Waals surface area contributed by atoms with Crippen LogP contribution in [0.5, 0.6) is 0 Å². The molecule has 0 aliphatic rings. The highest BCUT2D eigenvalue weighted by Crippen LogP contribution is 1.95. The average molecular weight is 248 g/mol. The highest BCUT2D eigenvalue weighted by Gasteiger charge is 2.11. The van der Waals surface area contributed by atoms with E-state index in [9.17, 15) is 4.21 Å². The van der Waals surface area contributed by atoms with Gasteiger partial charge in [-0.2, -0.15) is 0 Å². The lowest BCUT2D eigenvalue weighted by Gasteiger charge is -1.96. The van der Waals surface area contributed by atoms with Crippen molar-refractivity contribution in [3.63, 3.8) is 0 Å². The summed E-state index contributed by atoms with van der Waals surface area (Å²) >= 11 is 0. The molecule has 0 amide bonds. The first kappa shape index (κ1) is 11.6. The second-order valence-electron chi connectivity index (χ2n) is 1.76. The van der Waals surface area contributed by atoms with E-state index in [2.05, 4.69) is 0 Å². The van der Waals surface area contributed by atoms with Crippen LogP contribution >= 0.6 is 0 Å². The summed E-state index contributed by atoms with van der Waals surface area (Å²) in [6.07, 6.45) is 1.83. The maximum Gasteiger partial charge on any atom is 0.109 e. The molecule has 0 saturated carbocycles. The Morgan fingerprint density at radius 1 is 1.25 bits per heavy atom. The van der Waals surface area contributed by atoms with Crippen LogP contribution in [0.25, 0.3) is 0 Å². The van der Waals surface area contributed by atoms with E-state index < -0.39 is 9.93 Å². The molecule has 0 unspecified atom stereocenters. The molecule has 0 aromatic rings. The van der Waals surface area contributed by atoms with Crippen LogP contribution in [-0.2, 0) is 14.1 Å². The molecule has 0 saturated heterocycles. The van der Waals surface area contributed by atoms with Crippen LogP contribution in [0.1, 0.15) is 13.8 Å². The average Bonchev–Trinajstić information content (AvgIpc) is 1.68. The second-order valence-corrected chi connectivity index (χ2v) is 5.28. The van der Waals surface area contributed by atoms with E-state index in [-0.39, 0.29) is 24.0 Å². The van der Waals surface area contributed by atoms with Crippen LogP contribution < -0.4 is 24.0 Å². The molecule has 0 fully saturated rings. The summed E-state index contributed by atoms with van der Waals surface area (Å²) in [5.41, 5.74) is 0. The number of halogens is 1. The highest BCUT2D eigenvalue weighted by atomic mass is 127. The molecule has 0 bridgehead atoms. The summed E-state index contributed by atoms with van der Waals surface area (Å²) in [6, 6.07) is 0. The fraction of sp³-hybridized carbons (Fsp3) is 1.00. The zero-order valence-electron chi connectivity index (χ0n) is 5.61. The summed E-state index contributed by atoms with van der Waals surface area (Å²) in [7, 11) is -1.41. The van der Waals surface area contributed by atoms with Gasteiger partial charge in [-0.15, -0.1) is 4.21 Å². The Hall–Kier alpha value is 0.880. The van der Waals surface area contributed by atoms with Crippen LogP contribution in [0.4, 0.5) is 0 Å². The second kappa shape index (κ2) is 4.73. The van der Waals surface area contributed by atoms with Crippen molar-refractivity contribution in [1.82, 2.24) is 0 Å². The molecule has 0 spiro atoms. The van der Waals surface area contributed by atoms with Gasteiger partial charge in [-0.25, -0.2) is 0 Å². The predicted molar refractivity (Wildman–Crippen MR) is 35.1 cm³/mol. The summed E-state index contributed by atoms with van der Waals surface area (Å²) < 4.78 is 10.9. The van der Waals surface area contributed by atoms with E-state index in [0.717, 1.165) is 11.5 Å². The fourth-order valence-corrected chi connectivity index (χ4v) is 0.612. The first-order chi connectivity index (χ1) is 3.12. The van der Waals surface area contributed by atoms with Crippen LogP contribution in [0.2, 0.25) is 0 Å². The lowest BCUT2D eigenvalue weighted by atomic mass is 11.0. The van der Waals surface area contributed by atoms with E-state index in [0.29, 0.717) is 0 Å². The Morgan fingerprint density at radius 2 is 1.50 bits per heavy atom. The van der Waals surface area contributed by atoms with E-state index in [4.69, 9.17) is 0 Å². The summed E-state index contributed by atoms with van der Waals surface area (Å²) in [5, 5.41) is 0. The van der Waals surface area contributed by atoms with Crippen LogP contribution in [0.15, 0.2) is 0 Å². The lowest BCUT2D eigenvalue weighted by molar-refractivity contribution is -0.00000307. The van der Waals surface area contributed by atoms with Gasteiger partial charge in [0.05, 0.1) is 9.93 Å². The highest BCUT2D eigenvalue weighted by molar-refractivity contribution is 8.02. The van der Waals surface area contributed by atoms with E-state index in [1.54, 1.807) is 0 Å². The zero-order chi connectivity index (χ0) is 5.91. The van der Waals surface area contributed by atoms with Gasteiger partial charge in [-0.05, 0) is 13.8 Å². The minimum atomic E-state index is -1.41. The van der Waals surface area contributed by atoms with Crippen LogP contribution in [0, 0.1) is 0 Å². The van der Waals surface area contributed by atoms with Crippen molar-refractivity contribution in [3.05, 3.63) is 0 Å². The Bertz CT molecular complexity index is 84.4. The molecule has 3 heteroatoms. The van der Waals surface area contributed by atoms with Gasteiger partial charge < -0.3 is 24.0 Å². The van der Waals surface area contributed by atoms with E-state index in [1.807, 2.05) is 20.1 Å². The fourth-order valence-electron chi connectivity index (χ4n) is 0.204. The number of hydrogen-bond donors (Lipinski definition) is 0. The molecule has 0 atom stereocenters. The van der Waals surface area contributed by atoms with E-state index in [1.165, 1.54) is 0 Å². The summed E-state index contributed by atoms with van der Waals surface area (Å²) in [6.45, 7) is 3.93. The van der Waals surface area contributed by atoms with Crippen molar-refractivity contribution in [1.29, 1.82) is 0 Å². The Balaban J connectivity index is 0. The molecule has 0 aliphatic carbocycles. The van der Waals surface area contributed by atoms with Crippen LogP contribution in [-0.4, -0.2) is 17.8 Å². The van der Waals surface area contributed by atoms with Gasteiger partial charge >= 0.3 is 0 Å². The number of rotatable bonds is 2. The van der Waals surface area contributed by atoms with E-state index >= 15 is 0 Å². The van der Waals surface area contributed by atoms with Crippen molar-refractivity contribution < 1.29 is 28.2 Å². The van der Waals surface area contributed by atoms with Gasteiger partial charge in [-0.1, -0.05) is 0 Å². The first-order valence-corrected chi connectivity index (χ1v) is 4.87. The predicted octanol–water partition coefficient (Wildman–Crippen LogP) is -1.84. The molecule has 0 heterocycles. The van der Waals surface area contributed by atoms with Gasteiger partial charge in [0, 0.05) is 0 Å². The zero-order valence-corrected chi connectivity index (χ0v) is 8.58. The monoisotopic (exact) mass is 248 g/mol. The Labute approximate surface area is 69.7 Å². The molecular weight excluding hydrogens is 235 g/mol. The molecule has 0 N–H and O–H groups in total. The maximum absolute atomic E-state index is 10.9. The van der Waals surface area contributed by atoms with Gasteiger partial charge in [0.15, 0.2) is 0 Å². The third kappa shape index (κ3) is 5.03. The topological polar surface area (TPSA) is 17.1 Å². The van der Waals surface area contributed by atoms with Gasteiger partial charge in [-0.3, -0.25) is 0 Å². The standard InChI is InChI=1S/C5H13OS.HI/c1-4-7(3,6)5-2;/h4-5H2,1-3H3;1H/q+1;/p-1. The molecule has 0 aliphatic heterocycles. The molecule has 8 heavy (non-hydrogen) atoms. The first-order valence-electron chi connectivity index (χ1n) is 2.57. The molecule has 0 aromatic carbocycles. The Kier molecular flexibility index (Phi) is 6.89. The van der Waals surface area contributed by atoms with Crippen molar-refractivity contribution >= 4 is 9.93 Å².